The summed E-state index contributed by atoms with van der Waals surface area (Å²) in [5.74, 6) is -0.552. The first kappa shape index (κ1) is 6.82. The lowest BCUT2D eigenvalue weighted by Gasteiger charge is -1.94. The van der Waals surface area contributed by atoms with Crippen molar-refractivity contribution in [1.29, 1.82) is 0 Å². The summed E-state index contributed by atoms with van der Waals surface area (Å²) < 4.78 is 26.8. The summed E-state index contributed by atoms with van der Waals surface area (Å²) in [7, 11) is 1.25. The third kappa shape index (κ3) is 2.77. The highest BCUT2D eigenvalue weighted by molar-refractivity contribution is 5.88. The maximum Gasteiger partial charge on any atom is 0.343 e. The number of carbonyl (C=O) groups excluding carboxylic acids is 1. The largest absolute Gasteiger partial charge is 1.00 e. The van der Waals surface area contributed by atoms with E-state index in [0.717, 1.165) is 4.57 Å². The zero-order valence-corrected chi connectivity index (χ0v) is 8.61. The molecule has 0 spiro atoms. The van der Waals surface area contributed by atoms with Gasteiger partial charge in [0.05, 0.1) is 7.11 Å². The molecular weight excluding hydrogens is 269 g/mol. The minimum Gasteiger partial charge on any atom is -1.00 e. The Hall–Kier alpha value is -0.650. The fourth-order valence-electron chi connectivity index (χ4n) is 0.714. The second-order valence-electron chi connectivity index (χ2n) is 1.99. The van der Waals surface area contributed by atoms with E-state index < -0.39 is 12.9 Å². The minimum absolute atomic E-state index is 0. The van der Waals surface area contributed by atoms with Crippen LogP contribution in [-0.2, 0) is 11.7 Å². The lowest BCUT2D eigenvalue weighted by Crippen LogP contribution is -3.00. The number of halogens is 1. The van der Waals surface area contributed by atoms with Gasteiger partial charge in [0.25, 0.3) is 0 Å². The number of aryl methyl sites for hydroxylation is 1. The van der Waals surface area contributed by atoms with Crippen molar-refractivity contribution in [3.63, 3.8) is 0 Å². The fraction of sp³-hybridized carbons (Fsp3) is 0.250. The maximum atomic E-state index is 11.1. The molecule has 0 bridgehead atoms. The number of ether oxygens (including phenoxy) is 1. The van der Waals surface area contributed by atoms with Crippen molar-refractivity contribution in [2.45, 2.75) is 0 Å². The lowest BCUT2D eigenvalue weighted by atomic mass is 10.3. The molecule has 0 aliphatic carbocycles. The maximum absolute atomic E-state index is 11.1. The molecule has 0 aliphatic rings. The van der Waals surface area contributed by atoms with Gasteiger partial charge in [0.1, 0.15) is 16.7 Å². The van der Waals surface area contributed by atoms with E-state index in [2.05, 4.69) is 4.74 Å². The van der Waals surface area contributed by atoms with Gasteiger partial charge >= 0.3 is 5.97 Å². The molecule has 0 saturated heterocycles. The van der Waals surface area contributed by atoms with E-state index in [1.54, 1.807) is 0 Å². The van der Waals surface area contributed by atoms with E-state index in [4.69, 9.17) is 4.11 Å². The average Bonchev–Trinajstić information content (AvgIpc) is 2.15. The van der Waals surface area contributed by atoms with Crippen LogP contribution in [0.25, 0.3) is 0 Å². The third-order valence-corrected chi connectivity index (χ3v) is 1.22. The molecule has 0 aliphatic heterocycles. The molecule has 0 amide bonds. The number of esters is 1. The van der Waals surface area contributed by atoms with Gasteiger partial charge in [-0.3, -0.25) is 0 Å². The fourth-order valence-corrected chi connectivity index (χ4v) is 0.714. The number of hydrogen-bond acceptors (Lipinski definition) is 2. The first-order valence-electron chi connectivity index (χ1n) is 4.55. The van der Waals surface area contributed by atoms with Crippen LogP contribution < -0.4 is 28.5 Å². The van der Waals surface area contributed by atoms with E-state index in [9.17, 15) is 4.79 Å². The van der Waals surface area contributed by atoms with Gasteiger partial charge in [0.15, 0.2) is 12.4 Å². The molecule has 0 atom stereocenters. The molecule has 0 unspecified atom stereocenters. The summed E-state index contributed by atoms with van der Waals surface area (Å²) in [4.78, 5) is 11.1. The van der Waals surface area contributed by atoms with Gasteiger partial charge in [-0.2, -0.15) is 0 Å². The minimum atomic E-state index is -2.27. The molecule has 12 heavy (non-hydrogen) atoms. The van der Waals surface area contributed by atoms with Crippen LogP contribution in [0.3, 0.4) is 0 Å². The van der Waals surface area contributed by atoms with E-state index >= 15 is 0 Å². The Labute approximate surface area is 92.6 Å². The molecule has 1 rings (SSSR count). The highest BCUT2D eigenvalue weighted by atomic mass is 127. The monoisotopic (exact) mass is 282 g/mol. The van der Waals surface area contributed by atoms with Crippen LogP contribution in [0.2, 0.25) is 0 Å². The molecule has 4 heteroatoms. The predicted molar refractivity (Wildman–Crippen MR) is 39.0 cm³/mol. The Morgan fingerprint density at radius 2 is 2.50 bits per heavy atom. The number of aromatic nitrogens is 1. The predicted octanol–water partition coefficient (Wildman–Crippen LogP) is -2.70. The molecule has 1 aromatic rings. The van der Waals surface area contributed by atoms with Crippen LogP contribution in [0.1, 0.15) is 14.5 Å². The third-order valence-electron chi connectivity index (χ3n) is 1.22. The summed E-state index contributed by atoms with van der Waals surface area (Å²) in [6, 6.07) is 2.98. The first-order valence-corrected chi connectivity index (χ1v) is 3.05. The second kappa shape index (κ2) is 5.08. The number of carbonyl (C=O) groups is 1. The van der Waals surface area contributed by atoms with Gasteiger partial charge < -0.3 is 28.7 Å². The van der Waals surface area contributed by atoms with E-state index in [1.807, 2.05) is 0 Å². The van der Waals surface area contributed by atoms with Crippen LogP contribution in [0.4, 0.5) is 0 Å². The number of methoxy groups -OCH3 is 1. The number of rotatable bonds is 1. The molecule has 0 aromatic carbocycles. The zero-order chi connectivity index (χ0) is 10.8. The highest BCUT2D eigenvalue weighted by Gasteiger charge is 2.07. The van der Waals surface area contributed by atoms with Crippen LogP contribution >= 0.6 is 0 Å². The Bertz CT molecular complexity index is 354. The number of hydrogen-bond donors (Lipinski definition) is 0. The van der Waals surface area contributed by atoms with Crippen molar-refractivity contribution < 1.29 is 42.2 Å². The van der Waals surface area contributed by atoms with Crippen molar-refractivity contribution in [2.24, 2.45) is 6.98 Å². The smallest absolute Gasteiger partial charge is 0.343 e. The molecule has 1 heterocycles. The van der Waals surface area contributed by atoms with Crippen molar-refractivity contribution in [1.82, 2.24) is 0 Å². The number of nitrogens with zero attached hydrogens (tertiary/aromatic N) is 1. The summed E-state index contributed by atoms with van der Waals surface area (Å²) >= 11 is 0. The second-order valence-corrected chi connectivity index (χ2v) is 1.99. The Morgan fingerprint density at radius 3 is 3.08 bits per heavy atom. The summed E-state index contributed by atoms with van der Waals surface area (Å²) in [5.41, 5.74) is 0.214. The van der Waals surface area contributed by atoms with Crippen LogP contribution in [-0.4, -0.2) is 13.1 Å². The SMILES string of the molecule is [2H]C([2H])([2H])[n+]1cccc(C(=O)OC)c1.[I-]. The van der Waals surface area contributed by atoms with Gasteiger partial charge in [-0.05, 0) is 6.07 Å². The standard InChI is InChI=1S/C8H10NO2.HI/c1-9-5-3-4-7(6-9)8(10)11-2;/h3-6H,1-2H3;1H/q+1;/p-1/i1D3;. The summed E-state index contributed by atoms with van der Waals surface area (Å²) in [6.45, 7) is -2.27. The first-order chi connectivity index (χ1) is 6.45. The summed E-state index contributed by atoms with van der Waals surface area (Å²) in [5, 5.41) is 0. The molecule has 1 aromatic heterocycles. The molecule has 0 radical (unpaired) electrons. The number of pyridine rings is 1. The molecule has 0 N–H and O–H groups in total. The van der Waals surface area contributed by atoms with Crippen LogP contribution in [0.15, 0.2) is 24.5 Å². The van der Waals surface area contributed by atoms with Crippen molar-refractivity contribution >= 4 is 5.97 Å². The van der Waals surface area contributed by atoms with E-state index in [0.29, 0.717) is 0 Å². The van der Waals surface area contributed by atoms with Crippen LogP contribution in [0.5, 0.6) is 0 Å². The normalized spacial score (nSPS) is 13.2. The molecule has 0 saturated carbocycles. The van der Waals surface area contributed by atoms with Crippen molar-refractivity contribution in [3.05, 3.63) is 30.1 Å². The van der Waals surface area contributed by atoms with Crippen LogP contribution in [0, 0.1) is 0 Å². The quantitative estimate of drug-likeness (QED) is 0.319. The average molecular weight is 282 g/mol. The van der Waals surface area contributed by atoms with E-state index in [1.165, 1.54) is 31.6 Å². The van der Waals surface area contributed by atoms with Gasteiger partial charge in [-0.25, -0.2) is 9.36 Å². The lowest BCUT2D eigenvalue weighted by molar-refractivity contribution is -0.671. The van der Waals surface area contributed by atoms with Gasteiger partial charge in [-0.1, -0.05) is 0 Å². The molecule has 0 fully saturated rings. The Balaban J connectivity index is 0.00000196. The van der Waals surface area contributed by atoms with Gasteiger partial charge in [0.2, 0.25) is 0 Å². The molecular formula is C8H10INO2. The topological polar surface area (TPSA) is 30.2 Å². The van der Waals surface area contributed by atoms with E-state index in [-0.39, 0.29) is 29.5 Å². The molecule has 3 nitrogen and oxygen atoms in total. The highest BCUT2D eigenvalue weighted by Crippen LogP contribution is 1.95. The van der Waals surface area contributed by atoms with Crippen molar-refractivity contribution in [2.75, 3.05) is 7.11 Å². The van der Waals surface area contributed by atoms with Gasteiger partial charge in [-0.15, -0.1) is 0 Å². The molecule has 66 valence electrons. The summed E-state index contributed by atoms with van der Waals surface area (Å²) in [6.07, 6.45) is 2.61. The van der Waals surface area contributed by atoms with Crippen molar-refractivity contribution in [3.8, 4) is 0 Å². The van der Waals surface area contributed by atoms with Gasteiger partial charge in [0, 0.05) is 6.07 Å². The zero-order valence-electron chi connectivity index (χ0n) is 9.45. The Kier molecular flexibility index (Phi) is 2.89. The Morgan fingerprint density at radius 1 is 1.75 bits per heavy atom.